The minimum absolute atomic E-state index is 1.09. The summed E-state index contributed by atoms with van der Waals surface area (Å²) in [6.07, 6.45) is 9.84. The second kappa shape index (κ2) is 6.54. The molecule has 2 aromatic carbocycles. The van der Waals surface area contributed by atoms with Crippen LogP contribution in [0.2, 0.25) is 0 Å². The molecule has 120 valence electrons. The summed E-state index contributed by atoms with van der Waals surface area (Å²) in [6.45, 7) is 0. The van der Waals surface area contributed by atoms with Crippen molar-refractivity contribution in [2.45, 2.75) is 51.4 Å². The van der Waals surface area contributed by atoms with Crippen LogP contribution in [0.25, 0.3) is 0 Å². The zero-order chi connectivity index (χ0) is 15.8. The van der Waals surface area contributed by atoms with Gasteiger partial charge >= 0.3 is 0 Å². The molecule has 0 radical (unpaired) electrons. The number of aryl methyl sites for hydroxylation is 2. The van der Waals surface area contributed by atoms with E-state index in [2.05, 4.69) is 42.7 Å². The van der Waals surface area contributed by atoms with Crippen molar-refractivity contribution in [1.82, 2.24) is 0 Å². The molecule has 2 aliphatic carbocycles. The van der Waals surface area contributed by atoms with Gasteiger partial charge in [0.25, 0.3) is 0 Å². The van der Waals surface area contributed by atoms with Gasteiger partial charge in [0.2, 0.25) is 0 Å². The van der Waals surface area contributed by atoms with Gasteiger partial charge in [-0.25, -0.2) is 0 Å². The van der Waals surface area contributed by atoms with Crippen LogP contribution in [0.1, 0.15) is 47.9 Å². The van der Waals surface area contributed by atoms with Crippen LogP contribution in [-0.2, 0) is 25.7 Å². The average Bonchev–Trinajstić information content (AvgIpc) is 2.59. The van der Waals surface area contributed by atoms with E-state index in [1.807, 2.05) is 0 Å². The van der Waals surface area contributed by atoms with Crippen molar-refractivity contribution in [3.05, 3.63) is 46.5 Å². The molecule has 3 heteroatoms. The van der Waals surface area contributed by atoms with Crippen molar-refractivity contribution in [3.63, 3.8) is 0 Å². The van der Waals surface area contributed by atoms with Crippen molar-refractivity contribution >= 4 is 29.1 Å². The highest BCUT2D eigenvalue weighted by Crippen LogP contribution is 2.36. The molecule has 2 aromatic rings. The molecule has 0 N–H and O–H groups in total. The van der Waals surface area contributed by atoms with Crippen molar-refractivity contribution in [2.24, 2.45) is 0 Å². The van der Waals surface area contributed by atoms with Crippen LogP contribution in [0.3, 0.4) is 0 Å². The van der Waals surface area contributed by atoms with Gasteiger partial charge in [-0.1, -0.05) is 24.3 Å². The van der Waals surface area contributed by atoms with E-state index < -0.39 is 0 Å². The fourth-order valence-corrected chi connectivity index (χ4v) is 4.63. The molecule has 23 heavy (non-hydrogen) atoms. The lowest BCUT2D eigenvalue weighted by Gasteiger charge is -2.25. The number of ether oxygens (including phenoxy) is 1. The van der Waals surface area contributed by atoms with E-state index in [4.69, 9.17) is 4.74 Å². The van der Waals surface area contributed by atoms with E-state index in [9.17, 15) is 0 Å². The number of benzene rings is 2. The lowest BCUT2D eigenvalue weighted by molar-refractivity contribution is 0.467. The Labute approximate surface area is 143 Å². The minimum Gasteiger partial charge on any atom is -0.455 e. The van der Waals surface area contributed by atoms with E-state index >= 15 is 0 Å². The van der Waals surface area contributed by atoms with Crippen LogP contribution in [-0.4, -0.2) is 0 Å². The highest BCUT2D eigenvalue weighted by Gasteiger charge is 2.21. The molecule has 0 saturated heterocycles. The summed E-state index contributed by atoms with van der Waals surface area (Å²) in [5.74, 6) is 2.18. The Morgan fingerprint density at radius 2 is 1.04 bits per heavy atom. The van der Waals surface area contributed by atoms with Crippen molar-refractivity contribution in [3.8, 4) is 11.5 Å². The zero-order valence-corrected chi connectivity index (χ0v) is 15.8. The van der Waals surface area contributed by atoms with Crippen molar-refractivity contribution < 1.29 is 4.74 Å². The first-order chi connectivity index (χ1) is 11.2. The highest BCUT2D eigenvalue weighted by molar-refractivity contribution is 7.28. The fraction of sp³-hybridized carbons (Fsp3) is 0.400. The van der Waals surface area contributed by atoms with E-state index in [0.717, 1.165) is 24.3 Å². The summed E-state index contributed by atoms with van der Waals surface area (Å²) < 4.78 is 6.60. The van der Waals surface area contributed by atoms with E-state index in [-0.39, 0.29) is 0 Å². The molecule has 0 spiro atoms. The molecule has 0 fully saturated rings. The fourth-order valence-electron chi connectivity index (χ4n) is 3.97. The largest absolute Gasteiger partial charge is 0.455 e. The maximum atomic E-state index is 6.60. The van der Waals surface area contributed by atoms with Crippen LogP contribution in [0.15, 0.2) is 24.3 Å². The average molecular weight is 342 g/mol. The first-order valence-corrected chi connectivity index (χ1v) is 9.88. The summed E-state index contributed by atoms with van der Waals surface area (Å²) in [7, 11) is 5.73. The van der Waals surface area contributed by atoms with Crippen molar-refractivity contribution in [1.29, 1.82) is 0 Å². The molecule has 2 aliphatic rings. The molecule has 1 nitrogen and oxygen atoms in total. The van der Waals surface area contributed by atoms with Gasteiger partial charge in [-0.05, 0) is 73.6 Å². The van der Waals surface area contributed by atoms with Gasteiger partial charge in [0.15, 0.2) is 0 Å². The molecular weight excluding hydrogens is 318 g/mol. The highest BCUT2D eigenvalue weighted by atomic mass is 31.0. The molecular formula is C20H24OP2. The maximum absolute atomic E-state index is 6.60. The van der Waals surface area contributed by atoms with Gasteiger partial charge < -0.3 is 4.74 Å². The Hall–Kier alpha value is -0.900. The van der Waals surface area contributed by atoms with E-state index in [1.165, 1.54) is 71.4 Å². The lowest BCUT2D eigenvalue weighted by Crippen LogP contribution is -2.15. The predicted molar refractivity (Wildman–Crippen MR) is 105 cm³/mol. The van der Waals surface area contributed by atoms with Gasteiger partial charge in [0.05, 0.1) is 0 Å². The van der Waals surface area contributed by atoms with Gasteiger partial charge in [-0.15, -0.1) is 18.5 Å². The normalized spacial score (nSPS) is 16.6. The first-order valence-electron chi connectivity index (χ1n) is 8.72. The van der Waals surface area contributed by atoms with Crippen LogP contribution >= 0.6 is 18.5 Å². The minimum atomic E-state index is 1.09. The van der Waals surface area contributed by atoms with Gasteiger partial charge in [0, 0.05) is 10.6 Å². The Kier molecular flexibility index (Phi) is 4.44. The van der Waals surface area contributed by atoms with Crippen molar-refractivity contribution in [2.75, 3.05) is 0 Å². The van der Waals surface area contributed by atoms with Crippen LogP contribution < -0.4 is 15.3 Å². The van der Waals surface area contributed by atoms with Crippen LogP contribution in [0.4, 0.5) is 0 Å². The lowest BCUT2D eigenvalue weighted by atomic mass is 9.90. The quantitative estimate of drug-likeness (QED) is 0.742. The SMILES string of the molecule is Pc1ccc2c(c1Oc1c(P)ccc3c1CCCC3)CCCC2. The molecule has 0 heterocycles. The molecule has 4 rings (SSSR count). The van der Waals surface area contributed by atoms with Gasteiger partial charge in [0.1, 0.15) is 11.5 Å². The number of hydrogen-bond donors (Lipinski definition) is 0. The number of hydrogen-bond acceptors (Lipinski definition) is 1. The van der Waals surface area contributed by atoms with Crippen LogP contribution in [0, 0.1) is 0 Å². The molecule has 0 aromatic heterocycles. The van der Waals surface area contributed by atoms with E-state index in [0.29, 0.717) is 0 Å². The smallest absolute Gasteiger partial charge is 0.138 e. The summed E-state index contributed by atoms with van der Waals surface area (Å²) in [4.78, 5) is 0. The van der Waals surface area contributed by atoms with Gasteiger partial charge in [-0.2, -0.15) is 0 Å². The standard InChI is InChI=1S/C20H24OP2/c22-17-11-9-13-5-1-3-7-15(13)19(17)21-20-16-8-4-2-6-14(16)10-12-18(20)23/h9-12H,1-8,22-23H2. The van der Waals surface area contributed by atoms with Gasteiger partial charge in [-0.3, -0.25) is 0 Å². The third-order valence-corrected chi connectivity index (χ3v) is 6.14. The molecule has 0 aliphatic heterocycles. The predicted octanol–water partition coefficient (Wildman–Crippen LogP) is 4.24. The Balaban J connectivity index is 1.80. The summed E-state index contributed by atoms with van der Waals surface area (Å²) in [6, 6.07) is 8.96. The molecule has 0 amide bonds. The molecule has 0 bridgehead atoms. The first kappa shape index (κ1) is 15.6. The second-order valence-electron chi connectivity index (χ2n) is 6.76. The van der Waals surface area contributed by atoms with Crippen LogP contribution in [0.5, 0.6) is 11.5 Å². The number of rotatable bonds is 2. The summed E-state index contributed by atoms with van der Waals surface area (Å²) >= 11 is 0. The Morgan fingerprint density at radius 3 is 1.52 bits per heavy atom. The molecule has 2 atom stereocenters. The van der Waals surface area contributed by atoms with E-state index in [1.54, 1.807) is 0 Å². The third kappa shape index (κ3) is 2.95. The maximum Gasteiger partial charge on any atom is 0.138 e. The third-order valence-electron chi connectivity index (χ3n) is 5.23. The summed E-state index contributed by atoms with van der Waals surface area (Å²) in [5.41, 5.74) is 5.82. The number of fused-ring (bicyclic) bond motifs is 2. The summed E-state index contributed by atoms with van der Waals surface area (Å²) in [5, 5.41) is 2.37. The molecule has 0 saturated carbocycles. The topological polar surface area (TPSA) is 9.23 Å². The second-order valence-corrected chi connectivity index (χ2v) is 8.00. The monoisotopic (exact) mass is 342 g/mol. The Morgan fingerprint density at radius 1 is 0.609 bits per heavy atom. The zero-order valence-electron chi connectivity index (χ0n) is 13.5. The molecule has 2 unspecified atom stereocenters. The Bertz CT molecular complexity index is 688.